The molecule has 2 saturated heterocycles. The summed E-state index contributed by atoms with van der Waals surface area (Å²) in [6.45, 7) is 8.65. The molecule has 9 heteroatoms. The van der Waals surface area contributed by atoms with Crippen LogP contribution in [0.15, 0.2) is 30.6 Å². The van der Waals surface area contributed by atoms with Crippen molar-refractivity contribution >= 4 is 11.7 Å². The van der Waals surface area contributed by atoms with E-state index in [2.05, 4.69) is 41.0 Å². The minimum absolute atomic E-state index is 0.106. The Morgan fingerprint density at radius 2 is 1.89 bits per heavy atom. The molecular weight excluding hydrogens is 467 g/mol. The standard InChI is InChI=1S/C27H34F3N5O/c1-17-7-8-20-22(17)24(32-16-31-20)34-11-13-35(14-12-34)25(36)23(21-9-10-26(2,3)33-21)18-5-4-6-19(15-18)27(28,29)30/h4-6,15-17,21,23,33H,7-14H2,1-3H3/t17-,21+,23+/m1/s1. The van der Waals surface area contributed by atoms with E-state index in [4.69, 9.17) is 0 Å². The number of carbonyl (C=O) groups is 1. The van der Waals surface area contributed by atoms with Crippen molar-refractivity contribution in [3.05, 3.63) is 53.0 Å². The lowest BCUT2D eigenvalue weighted by molar-refractivity contribution is -0.138. The Hall–Kier alpha value is -2.68. The summed E-state index contributed by atoms with van der Waals surface area (Å²) in [5.74, 6) is 0.609. The fourth-order valence-electron chi connectivity index (χ4n) is 6.08. The summed E-state index contributed by atoms with van der Waals surface area (Å²) in [7, 11) is 0. The van der Waals surface area contributed by atoms with Crippen LogP contribution in [0, 0.1) is 0 Å². The van der Waals surface area contributed by atoms with Gasteiger partial charge in [-0.3, -0.25) is 4.79 Å². The number of piperazine rings is 1. The van der Waals surface area contributed by atoms with Crippen molar-refractivity contribution < 1.29 is 18.0 Å². The van der Waals surface area contributed by atoms with Gasteiger partial charge in [0, 0.05) is 49.0 Å². The summed E-state index contributed by atoms with van der Waals surface area (Å²) in [4.78, 5) is 27.0. The van der Waals surface area contributed by atoms with Crippen LogP contribution in [0.3, 0.4) is 0 Å². The molecule has 0 saturated carbocycles. The molecule has 5 rings (SSSR count). The molecule has 6 nitrogen and oxygen atoms in total. The molecule has 194 valence electrons. The Bertz CT molecular complexity index is 1130. The number of alkyl halides is 3. The normalized spacial score (nSPS) is 24.6. The topological polar surface area (TPSA) is 61.4 Å². The van der Waals surface area contributed by atoms with Gasteiger partial charge in [0.25, 0.3) is 0 Å². The van der Waals surface area contributed by atoms with Crippen molar-refractivity contribution in [2.24, 2.45) is 0 Å². The number of aryl methyl sites for hydroxylation is 1. The van der Waals surface area contributed by atoms with Gasteiger partial charge in [0.05, 0.1) is 11.5 Å². The van der Waals surface area contributed by atoms with Gasteiger partial charge in [0.15, 0.2) is 0 Å². The number of amides is 1. The van der Waals surface area contributed by atoms with Gasteiger partial charge in [-0.05, 0) is 57.1 Å². The minimum atomic E-state index is -4.45. The van der Waals surface area contributed by atoms with Crippen molar-refractivity contribution in [3.63, 3.8) is 0 Å². The SMILES string of the molecule is C[C@@H]1CCc2ncnc(N3CCN(C(=O)[C@@H](c4cccc(C(F)(F)F)c4)[C@@H]4CCC(C)(C)N4)CC3)c21. The van der Waals surface area contributed by atoms with Crippen molar-refractivity contribution in [2.45, 2.75) is 76.0 Å². The number of hydrogen-bond acceptors (Lipinski definition) is 5. The second kappa shape index (κ2) is 9.32. The Kier molecular flexibility index (Phi) is 6.47. The van der Waals surface area contributed by atoms with Crippen LogP contribution in [-0.2, 0) is 17.4 Å². The van der Waals surface area contributed by atoms with Gasteiger partial charge < -0.3 is 15.1 Å². The summed E-state index contributed by atoms with van der Waals surface area (Å²) in [6, 6.07) is 5.08. The summed E-state index contributed by atoms with van der Waals surface area (Å²) < 4.78 is 40.5. The molecule has 0 bridgehead atoms. The van der Waals surface area contributed by atoms with E-state index in [0.717, 1.165) is 49.3 Å². The zero-order valence-corrected chi connectivity index (χ0v) is 21.1. The molecule has 0 unspecified atom stereocenters. The van der Waals surface area contributed by atoms with E-state index in [9.17, 15) is 18.0 Å². The van der Waals surface area contributed by atoms with Crippen LogP contribution in [-0.4, -0.2) is 58.5 Å². The number of halogens is 3. The van der Waals surface area contributed by atoms with Crippen LogP contribution >= 0.6 is 0 Å². The smallest absolute Gasteiger partial charge is 0.353 e. The number of nitrogens with one attached hydrogen (secondary N) is 1. The molecule has 0 spiro atoms. The molecule has 1 aromatic heterocycles. The number of nitrogens with zero attached hydrogens (tertiary/aromatic N) is 4. The zero-order chi connectivity index (χ0) is 25.7. The second-order valence-electron chi connectivity index (χ2n) is 11.1. The maximum Gasteiger partial charge on any atom is 0.416 e. The third-order valence-corrected chi connectivity index (χ3v) is 8.04. The van der Waals surface area contributed by atoms with Crippen LogP contribution in [0.4, 0.5) is 19.0 Å². The Labute approximate surface area is 210 Å². The highest BCUT2D eigenvalue weighted by Gasteiger charge is 2.42. The summed E-state index contributed by atoms with van der Waals surface area (Å²) in [6.07, 6.45) is 0.819. The zero-order valence-electron chi connectivity index (χ0n) is 21.1. The fourth-order valence-corrected chi connectivity index (χ4v) is 6.08. The first-order valence-electron chi connectivity index (χ1n) is 12.9. The first-order chi connectivity index (χ1) is 17.0. The maximum atomic E-state index is 13.9. The highest BCUT2D eigenvalue weighted by atomic mass is 19.4. The summed E-state index contributed by atoms with van der Waals surface area (Å²) in [5.41, 5.74) is 1.89. The molecule has 36 heavy (non-hydrogen) atoms. The van der Waals surface area contributed by atoms with E-state index < -0.39 is 17.7 Å². The molecule has 3 atom stereocenters. The van der Waals surface area contributed by atoms with Crippen LogP contribution in [0.1, 0.15) is 74.3 Å². The average molecular weight is 502 g/mol. The maximum absolute atomic E-state index is 13.9. The molecule has 1 amide bonds. The molecule has 3 heterocycles. The molecular formula is C27H34F3N5O. The first-order valence-corrected chi connectivity index (χ1v) is 12.9. The molecule has 1 aliphatic carbocycles. The van der Waals surface area contributed by atoms with E-state index in [-0.39, 0.29) is 17.5 Å². The molecule has 0 radical (unpaired) electrons. The number of rotatable bonds is 4. The van der Waals surface area contributed by atoms with Crippen LogP contribution in [0.25, 0.3) is 0 Å². The number of carbonyl (C=O) groups excluding carboxylic acids is 1. The quantitative estimate of drug-likeness (QED) is 0.668. The lowest BCUT2D eigenvalue weighted by atomic mass is 9.87. The molecule has 2 fully saturated rings. The predicted molar refractivity (Wildman–Crippen MR) is 132 cm³/mol. The Balaban J connectivity index is 1.37. The highest BCUT2D eigenvalue weighted by molar-refractivity contribution is 5.85. The predicted octanol–water partition coefficient (Wildman–Crippen LogP) is 4.51. The molecule has 1 aromatic carbocycles. The summed E-state index contributed by atoms with van der Waals surface area (Å²) in [5, 5.41) is 3.52. The van der Waals surface area contributed by atoms with E-state index in [0.29, 0.717) is 37.7 Å². The van der Waals surface area contributed by atoms with E-state index >= 15 is 0 Å². The van der Waals surface area contributed by atoms with Crippen molar-refractivity contribution in [1.82, 2.24) is 20.2 Å². The minimum Gasteiger partial charge on any atom is -0.353 e. The van der Waals surface area contributed by atoms with E-state index in [1.54, 1.807) is 12.4 Å². The van der Waals surface area contributed by atoms with Gasteiger partial charge in [-0.2, -0.15) is 13.2 Å². The lowest BCUT2D eigenvalue weighted by Gasteiger charge is -2.39. The van der Waals surface area contributed by atoms with E-state index in [1.807, 2.05) is 4.90 Å². The second-order valence-corrected chi connectivity index (χ2v) is 11.1. The summed E-state index contributed by atoms with van der Waals surface area (Å²) >= 11 is 0. The number of fused-ring (bicyclic) bond motifs is 1. The van der Waals surface area contributed by atoms with Crippen molar-refractivity contribution in [3.8, 4) is 0 Å². The Morgan fingerprint density at radius 1 is 1.14 bits per heavy atom. The molecule has 2 aliphatic heterocycles. The number of anilines is 1. The van der Waals surface area contributed by atoms with Crippen molar-refractivity contribution in [2.75, 3.05) is 31.1 Å². The molecule has 1 N–H and O–H groups in total. The van der Waals surface area contributed by atoms with Gasteiger partial charge in [-0.15, -0.1) is 0 Å². The third-order valence-electron chi connectivity index (χ3n) is 8.04. The van der Waals surface area contributed by atoms with Crippen molar-refractivity contribution in [1.29, 1.82) is 0 Å². The lowest BCUT2D eigenvalue weighted by Crippen LogP contribution is -2.53. The van der Waals surface area contributed by atoms with Crippen LogP contribution < -0.4 is 10.2 Å². The van der Waals surface area contributed by atoms with Gasteiger partial charge in [-0.25, -0.2) is 9.97 Å². The van der Waals surface area contributed by atoms with Gasteiger partial charge in [-0.1, -0.05) is 25.1 Å². The first kappa shape index (κ1) is 25.0. The van der Waals surface area contributed by atoms with Crippen LogP contribution in [0.5, 0.6) is 0 Å². The highest BCUT2D eigenvalue weighted by Crippen LogP contribution is 2.39. The number of hydrogen-bond donors (Lipinski definition) is 1. The average Bonchev–Trinajstić information content (AvgIpc) is 3.40. The monoisotopic (exact) mass is 501 g/mol. The van der Waals surface area contributed by atoms with Gasteiger partial charge in [0.2, 0.25) is 5.91 Å². The molecule has 2 aromatic rings. The van der Waals surface area contributed by atoms with E-state index in [1.165, 1.54) is 11.6 Å². The molecule has 3 aliphatic rings. The number of aromatic nitrogens is 2. The van der Waals surface area contributed by atoms with Gasteiger partial charge in [0.1, 0.15) is 12.1 Å². The number of benzene rings is 1. The van der Waals surface area contributed by atoms with Crippen LogP contribution in [0.2, 0.25) is 0 Å². The Morgan fingerprint density at radius 3 is 2.56 bits per heavy atom. The van der Waals surface area contributed by atoms with Gasteiger partial charge >= 0.3 is 6.18 Å². The third kappa shape index (κ3) is 4.82. The fraction of sp³-hybridized carbons (Fsp3) is 0.593. The largest absolute Gasteiger partial charge is 0.416 e.